The number of carbonyl (C=O) groups is 1. The number of rotatable bonds is 0. The fourth-order valence-electron chi connectivity index (χ4n) is 1.55. The van der Waals surface area contributed by atoms with Gasteiger partial charge in [-0.1, -0.05) is 11.6 Å². The lowest BCUT2D eigenvalue weighted by molar-refractivity contribution is -0.116. The average Bonchev–Trinajstić information content (AvgIpc) is 2.08. The molecular weight excluding hydrogens is 200 g/mol. The van der Waals surface area contributed by atoms with Crippen molar-refractivity contribution in [3.8, 4) is 0 Å². The van der Waals surface area contributed by atoms with Gasteiger partial charge < -0.3 is 10.6 Å². The standard InChI is InChI=1S/C10H11ClN2O/c1-5-3-7(11)4-8-9(5)13-10(14)6(2)12-8/h3-4,6,12H,1-2H3,(H,13,14). The van der Waals surface area contributed by atoms with E-state index in [1.807, 2.05) is 26.0 Å². The molecule has 1 aromatic rings. The van der Waals surface area contributed by atoms with Crippen molar-refractivity contribution >= 4 is 28.9 Å². The summed E-state index contributed by atoms with van der Waals surface area (Å²) >= 11 is 5.91. The lowest BCUT2D eigenvalue weighted by Gasteiger charge is -2.25. The first kappa shape index (κ1) is 9.34. The largest absolute Gasteiger partial charge is 0.372 e. The third-order valence-electron chi connectivity index (χ3n) is 2.31. The normalized spacial score (nSPS) is 19.6. The van der Waals surface area contributed by atoms with Gasteiger partial charge in [0.15, 0.2) is 0 Å². The summed E-state index contributed by atoms with van der Waals surface area (Å²) in [5.74, 6) is -0.0112. The number of halogens is 1. The van der Waals surface area contributed by atoms with Crippen LogP contribution in [0, 0.1) is 6.92 Å². The molecule has 0 saturated carbocycles. The average molecular weight is 211 g/mol. The number of anilines is 2. The van der Waals surface area contributed by atoms with Crippen LogP contribution < -0.4 is 10.6 Å². The Morgan fingerprint density at radius 1 is 1.43 bits per heavy atom. The van der Waals surface area contributed by atoms with E-state index in [1.165, 1.54) is 0 Å². The summed E-state index contributed by atoms with van der Waals surface area (Å²) in [4.78, 5) is 11.4. The van der Waals surface area contributed by atoms with E-state index in [1.54, 1.807) is 0 Å². The van der Waals surface area contributed by atoms with Crippen molar-refractivity contribution in [3.63, 3.8) is 0 Å². The summed E-state index contributed by atoms with van der Waals surface area (Å²) in [5.41, 5.74) is 2.69. The maximum atomic E-state index is 11.4. The Morgan fingerprint density at radius 2 is 2.14 bits per heavy atom. The molecule has 0 fully saturated rings. The van der Waals surface area contributed by atoms with Crippen LogP contribution in [-0.2, 0) is 4.79 Å². The van der Waals surface area contributed by atoms with E-state index in [4.69, 9.17) is 11.6 Å². The number of fused-ring (bicyclic) bond motifs is 1. The molecular formula is C10H11ClN2O. The van der Waals surface area contributed by atoms with Gasteiger partial charge in [-0.05, 0) is 31.5 Å². The van der Waals surface area contributed by atoms with Gasteiger partial charge in [-0.3, -0.25) is 4.79 Å². The van der Waals surface area contributed by atoms with E-state index < -0.39 is 0 Å². The van der Waals surface area contributed by atoms with E-state index >= 15 is 0 Å². The minimum absolute atomic E-state index is 0.0112. The number of benzene rings is 1. The summed E-state index contributed by atoms with van der Waals surface area (Å²) in [7, 11) is 0. The molecule has 1 amide bonds. The maximum Gasteiger partial charge on any atom is 0.246 e. The molecule has 0 saturated heterocycles. The van der Waals surface area contributed by atoms with Gasteiger partial charge in [0.2, 0.25) is 5.91 Å². The zero-order valence-corrected chi connectivity index (χ0v) is 8.77. The van der Waals surface area contributed by atoms with E-state index in [0.29, 0.717) is 5.02 Å². The van der Waals surface area contributed by atoms with Crippen LogP contribution in [0.5, 0.6) is 0 Å². The highest BCUT2D eigenvalue weighted by Gasteiger charge is 2.22. The number of hydrogen-bond acceptors (Lipinski definition) is 2. The summed E-state index contributed by atoms with van der Waals surface area (Å²) in [6.07, 6.45) is 0. The highest BCUT2D eigenvalue weighted by Crippen LogP contribution is 2.32. The van der Waals surface area contributed by atoms with E-state index in [-0.39, 0.29) is 11.9 Å². The molecule has 0 radical (unpaired) electrons. The van der Waals surface area contributed by atoms with Gasteiger partial charge in [0.25, 0.3) is 0 Å². The summed E-state index contributed by atoms with van der Waals surface area (Å²) in [6, 6.07) is 3.44. The van der Waals surface area contributed by atoms with Crippen LogP contribution in [0.15, 0.2) is 12.1 Å². The Labute approximate surface area is 87.4 Å². The Kier molecular flexibility index (Phi) is 2.11. The topological polar surface area (TPSA) is 41.1 Å². The Hall–Kier alpha value is -1.22. The smallest absolute Gasteiger partial charge is 0.246 e. The molecule has 2 rings (SSSR count). The molecule has 1 heterocycles. The molecule has 0 spiro atoms. The third kappa shape index (κ3) is 1.44. The van der Waals surface area contributed by atoms with Crippen molar-refractivity contribution in [1.29, 1.82) is 0 Å². The molecule has 1 aromatic carbocycles. The first-order valence-electron chi connectivity index (χ1n) is 4.45. The maximum absolute atomic E-state index is 11.4. The van der Waals surface area contributed by atoms with Gasteiger partial charge in [0.05, 0.1) is 11.4 Å². The quantitative estimate of drug-likeness (QED) is 0.691. The fourth-order valence-corrected chi connectivity index (χ4v) is 1.83. The molecule has 1 aliphatic rings. The van der Waals surface area contributed by atoms with Gasteiger partial charge in [0, 0.05) is 5.02 Å². The monoisotopic (exact) mass is 210 g/mol. The zero-order chi connectivity index (χ0) is 10.3. The second-order valence-electron chi connectivity index (χ2n) is 3.50. The van der Waals surface area contributed by atoms with Crippen LogP contribution in [0.2, 0.25) is 5.02 Å². The molecule has 0 bridgehead atoms. The van der Waals surface area contributed by atoms with Crippen molar-refractivity contribution in [3.05, 3.63) is 22.7 Å². The summed E-state index contributed by atoms with van der Waals surface area (Å²) < 4.78 is 0. The zero-order valence-electron chi connectivity index (χ0n) is 8.02. The number of amides is 1. The highest BCUT2D eigenvalue weighted by atomic mass is 35.5. The van der Waals surface area contributed by atoms with Crippen molar-refractivity contribution in [2.75, 3.05) is 10.6 Å². The molecule has 14 heavy (non-hydrogen) atoms. The second kappa shape index (κ2) is 3.17. The van der Waals surface area contributed by atoms with Gasteiger partial charge in [0.1, 0.15) is 6.04 Å². The minimum atomic E-state index is -0.208. The number of carbonyl (C=O) groups excluding carboxylic acids is 1. The van der Waals surface area contributed by atoms with Gasteiger partial charge >= 0.3 is 0 Å². The predicted molar refractivity (Wildman–Crippen MR) is 57.9 cm³/mol. The van der Waals surface area contributed by atoms with E-state index in [0.717, 1.165) is 16.9 Å². The van der Waals surface area contributed by atoms with Crippen molar-refractivity contribution in [1.82, 2.24) is 0 Å². The van der Waals surface area contributed by atoms with Crippen LogP contribution in [-0.4, -0.2) is 11.9 Å². The molecule has 3 nitrogen and oxygen atoms in total. The van der Waals surface area contributed by atoms with Crippen molar-refractivity contribution < 1.29 is 4.79 Å². The molecule has 0 aromatic heterocycles. The van der Waals surface area contributed by atoms with E-state index in [9.17, 15) is 4.79 Å². The molecule has 0 aliphatic carbocycles. The van der Waals surface area contributed by atoms with Gasteiger partial charge in [-0.25, -0.2) is 0 Å². The minimum Gasteiger partial charge on any atom is -0.372 e. The van der Waals surface area contributed by atoms with Crippen molar-refractivity contribution in [2.45, 2.75) is 19.9 Å². The Morgan fingerprint density at radius 3 is 2.86 bits per heavy atom. The predicted octanol–water partition coefficient (Wildman–Crippen LogP) is 2.40. The van der Waals surface area contributed by atoms with Crippen LogP contribution in [0.25, 0.3) is 0 Å². The number of hydrogen-bond donors (Lipinski definition) is 2. The Bertz CT molecular complexity index is 403. The third-order valence-corrected chi connectivity index (χ3v) is 2.53. The SMILES string of the molecule is Cc1cc(Cl)cc2c1NC(=O)C(C)N2. The van der Waals surface area contributed by atoms with Crippen LogP contribution in [0.4, 0.5) is 11.4 Å². The van der Waals surface area contributed by atoms with Crippen LogP contribution in [0.1, 0.15) is 12.5 Å². The molecule has 1 atom stereocenters. The second-order valence-corrected chi connectivity index (χ2v) is 3.94. The first-order valence-corrected chi connectivity index (χ1v) is 4.83. The Balaban J connectivity index is 2.51. The lowest BCUT2D eigenvalue weighted by Crippen LogP contribution is -2.36. The molecule has 1 unspecified atom stereocenters. The van der Waals surface area contributed by atoms with E-state index in [2.05, 4.69) is 10.6 Å². The highest BCUT2D eigenvalue weighted by molar-refractivity contribution is 6.31. The van der Waals surface area contributed by atoms with Crippen molar-refractivity contribution in [2.24, 2.45) is 0 Å². The van der Waals surface area contributed by atoms with Gasteiger partial charge in [-0.15, -0.1) is 0 Å². The lowest BCUT2D eigenvalue weighted by atomic mass is 10.1. The molecule has 1 aliphatic heterocycles. The van der Waals surface area contributed by atoms with Gasteiger partial charge in [-0.2, -0.15) is 0 Å². The molecule has 74 valence electrons. The molecule has 4 heteroatoms. The fraction of sp³-hybridized carbons (Fsp3) is 0.300. The molecule has 2 N–H and O–H groups in total. The first-order chi connectivity index (χ1) is 6.58. The van der Waals surface area contributed by atoms with Crippen LogP contribution >= 0.6 is 11.6 Å². The van der Waals surface area contributed by atoms with Crippen LogP contribution in [0.3, 0.4) is 0 Å². The summed E-state index contributed by atoms with van der Waals surface area (Å²) in [6.45, 7) is 3.73. The number of nitrogens with one attached hydrogen (secondary N) is 2. The summed E-state index contributed by atoms with van der Waals surface area (Å²) in [5, 5.41) is 6.62. The number of aryl methyl sites for hydroxylation is 1.